The number of ether oxygens (including phenoxy) is 1. The molecule has 1 rings (SSSR count). The Morgan fingerprint density at radius 3 is 2.40 bits per heavy atom. The fourth-order valence-electron chi connectivity index (χ4n) is 1.45. The summed E-state index contributed by atoms with van der Waals surface area (Å²) >= 11 is 0. The Morgan fingerprint density at radius 2 is 1.95 bits per heavy atom. The van der Waals surface area contributed by atoms with Crippen molar-refractivity contribution >= 4 is 24.2 Å². The maximum absolute atomic E-state index is 10.6. The molecule has 7 heteroatoms. The predicted octanol–water partition coefficient (Wildman–Crippen LogP) is 2.35. The van der Waals surface area contributed by atoms with Crippen molar-refractivity contribution in [1.82, 2.24) is 0 Å². The van der Waals surface area contributed by atoms with Crippen molar-refractivity contribution in [1.29, 1.82) is 0 Å². The van der Waals surface area contributed by atoms with E-state index < -0.39 is 23.5 Å². The maximum Gasteiger partial charge on any atom is 0.269 e. The third-order valence-electron chi connectivity index (χ3n) is 2.60. The molecule has 1 unspecified atom stereocenters. The number of benzene rings is 1. The highest BCUT2D eigenvalue weighted by atomic mass is 28.3. The van der Waals surface area contributed by atoms with Gasteiger partial charge in [0.05, 0.1) is 4.92 Å². The van der Waals surface area contributed by atoms with Gasteiger partial charge in [-0.05, 0) is 26.0 Å². The van der Waals surface area contributed by atoms with Gasteiger partial charge in [0.15, 0.2) is 15.7 Å². The summed E-state index contributed by atoms with van der Waals surface area (Å²) in [5.74, 6) is 0.437. The zero-order valence-corrected chi connectivity index (χ0v) is 14.9. The minimum Gasteiger partial charge on any atom is -0.470 e. The molecule has 0 aliphatic heterocycles. The largest absolute Gasteiger partial charge is 0.470 e. The molecule has 20 heavy (non-hydrogen) atoms. The van der Waals surface area contributed by atoms with Crippen molar-refractivity contribution in [2.45, 2.75) is 32.9 Å². The second-order valence-corrected chi connectivity index (χ2v) is 9.20. The van der Waals surface area contributed by atoms with Crippen LogP contribution in [0.2, 0.25) is 13.1 Å². The van der Waals surface area contributed by atoms with Crippen LogP contribution in [0.25, 0.3) is 0 Å². The van der Waals surface area contributed by atoms with Crippen molar-refractivity contribution in [3.8, 4) is 5.75 Å². The highest BCUT2D eigenvalue weighted by Crippen LogP contribution is 2.19. The van der Waals surface area contributed by atoms with Crippen LogP contribution in [0.1, 0.15) is 13.8 Å². The van der Waals surface area contributed by atoms with Gasteiger partial charge in [-0.1, -0.05) is 24.4 Å². The van der Waals surface area contributed by atoms with Crippen LogP contribution in [0, 0.1) is 10.1 Å². The number of rotatable bonds is 7. The number of nitrogens with zero attached hydrogens (tertiary/aromatic N) is 1. The summed E-state index contributed by atoms with van der Waals surface area (Å²) < 4.78 is 11.7. The Morgan fingerprint density at radius 1 is 1.35 bits per heavy atom. The smallest absolute Gasteiger partial charge is 0.269 e. The van der Waals surface area contributed by atoms with Gasteiger partial charge in [0.1, 0.15) is 14.5 Å². The number of hydrogen-bond acceptors (Lipinski definition) is 4. The molecule has 0 fully saturated rings. The molecule has 0 heterocycles. The van der Waals surface area contributed by atoms with Crippen molar-refractivity contribution < 1.29 is 14.1 Å². The molecule has 0 bridgehead atoms. The summed E-state index contributed by atoms with van der Waals surface area (Å²) in [4.78, 5) is 10.2. The van der Waals surface area contributed by atoms with Crippen LogP contribution in [-0.2, 0) is 4.43 Å². The maximum atomic E-state index is 10.6. The van der Waals surface area contributed by atoms with Crippen molar-refractivity contribution in [3.05, 3.63) is 45.7 Å². The molecule has 1 aromatic rings. The van der Waals surface area contributed by atoms with E-state index in [0.29, 0.717) is 5.75 Å². The lowest BCUT2D eigenvalue weighted by Gasteiger charge is -2.22. The van der Waals surface area contributed by atoms with E-state index >= 15 is 0 Å². The Balaban J connectivity index is 2.65. The van der Waals surface area contributed by atoms with Gasteiger partial charge in [0.2, 0.25) is 0 Å². The van der Waals surface area contributed by atoms with E-state index in [1.165, 1.54) is 17.7 Å². The zero-order valence-electron chi connectivity index (χ0n) is 12.3. The summed E-state index contributed by atoms with van der Waals surface area (Å²) in [5.41, 5.74) is 3.47. The molecule has 0 aliphatic rings. The van der Waals surface area contributed by atoms with Crippen molar-refractivity contribution in [2.75, 3.05) is 0 Å². The summed E-state index contributed by atoms with van der Waals surface area (Å²) in [6.07, 6.45) is 0. The zero-order chi connectivity index (χ0) is 15.1. The standard InChI is InChI=1S/C13H21NO4Si2/c1-10(2)9-19-18-13(20(3)4)17-12-7-5-11(6-8-12)14(15)16/h5-9,13,20H,19H2,1-4H3. The van der Waals surface area contributed by atoms with E-state index in [2.05, 4.69) is 32.6 Å². The fourth-order valence-corrected chi connectivity index (χ4v) is 4.44. The average Bonchev–Trinajstić information content (AvgIpc) is 2.37. The van der Waals surface area contributed by atoms with Crippen LogP contribution in [0.4, 0.5) is 5.69 Å². The number of hydrogen-bond donors (Lipinski definition) is 0. The first-order chi connectivity index (χ1) is 9.40. The van der Waals surface area contributed by atoms with Crippen LogP contribution in [0.15, 0.2) is 35.5 Å². The van der Waals surface area contributed by atoms with Gasteiger partial charge in [-0.25, -0.2) is 0 Å². The molecule has 0 amide bonds. The van der Waals surface area contributed by atoms with Gasteiger partial charge in [-0.15, -0.1) is 0 Å². The van der Waals surface area contributed by atoms with E-state index in [4.69, 9.17) is 9.16 Å². The minimum atomic E-state index is -1.12. The molecule has 0 aliphatic carbocycles. The lowest BCUT2D eigenvalue weighted by atomic mass is 10.3. The van der Waals surface area contributed by atoms with E-state index in [0.717, 1.165) is 0 Å². The quantitative estimate of drug-likeness (QED) is 0.336. The molecule has 0 N–H and O–H groups in total. The lowest BCUT2D eigenvalue weighted by Crippen LogP contribution is -2.34. The van der Waals surface area contributed by atoms with Gasteiger partial charge >= 0.3 is 0 Å². The highest BCUT2D eigenvalue weighted by molar-refractivity contribution is 6.57. The van der Waals surface area contributed by atoms with E-state index in [1.807, 2.05) is 0 Å². The minimum absolute atomic E-state index is 0.0653. The third kappa shape index (κ3) is 5.68. The molecule has 1 atom stereocenters. The molecule has 0 spiro atoms. The molecule has 110 valence electrons. The number of allylic oxidation sites excluding steroid dienone is 1. The Bertz CT molecular complexity index is 470. The SMILES string of the molecule is CC(C)=C[SiH2]OC(Oc1ccc([N+](=O)[O-])cc1)[SiH](C)C. The summed E-state index contributed by atoms with van der Waals surface area (Å²) in [7, 11) is -1.85. The second-order valence-electron chi connectivity index (χ2n) is 5.10. The topological polar surface area (TPSA) is 61.6 Å². The number of non-ortho nitro benzene ring substituents is 1. The van der Waals surface area contributed by atoms with E-state index in [-0.39, 0.29) is 11.6 Å². The summed E-state index contributed by atoms with van der Waals surface area (Å²) in [6, 6.07) is 6.13. The van der Waals surface area contributed by atoms with Crippen LogP contribution in [0.5, 0.6) is 5.75 Å². The summed E-state index contributed by atoms with van der Waals surface area (Å²) in [6.45, 7) is 8.42. The Labute approximate surface area is 123 Å². The molecule has 0 saturated heterocycles. The fraction of sp³-hybridized carbons (Fsp3) is 0.385. The van der Waals surface area contributed by atoms with Crippen LogP contribution in [-0.4, -0.2) is 29.4 Å². The second kappa shape index (κ2) is 7.98. The van der Waals surface area contributed by atoms with Crippen molar-refractivity contribution in [3.63, 3.8) is 0 Å². The van der Waals surface area contributed by atoms with Crippen molar-refractivity contribution in [2.24, 2.45) is 0 Å². The van der Waals surface area contributed by atoms with Gasteiger partial charge in [0, 0.05) is 12.1 Å². The third-order valence-corrected chi connectivity index (χ3v) is 5.90. The van der Waals surface area contributed by atoms with Crippen LogP contribution >= 0.6 is 0 Å². The van der Waals surface area contributed by atoms with Gasteiger partial charge < -0.3 is 9.16 Å². The lowest BCUT2D eigenvalue weighted by molar-refractivity contribution is -0.384. The monoisotopic (exact) mass is 311 g/mol. The first-order valence-corrected chi connectivity index (χ1v) is 10.9. The average molecular weight is 311 g/mol. The normalized spacial score (nSPS) is 12.7. The van der Waals surface area contributed by atoms with Gasteiger partial charge in [-0.2, -0.15) is 0 Å². The van der Waals surface area contributed by atoms with Gasteiger partial charge in [0.25, 0.3) is 5.69 Å². The molecular formula is C13H21NO4Si2. The molecular weight excluding hydrogens is 290 g/mol. The molecule has 0 radical (unpaired) electrons. The van der Waals surface area contributed by atoms with Crippen LogP contribution < -0.4 is 4.74 Å². The molecule has 5 nitrogen and oxygen atoms in total. The van der Waals surface area contributed by atoms with E-state index in [9.17, 15) is 10.1 Å². The van der Waals surface area contributed by atoms with E-state index in [1.54, 1.807) is 12.1 Å². The van der Waals surface area contributed by atoms with Crippen LogP contribution in [0.3, 0.4) is 0 Å². The number of nitro groups is 1. The predicted molar refractivity (Wildman–Crippen MR) is 85.4 cm³/mol. The first-order valence-electron chi connectivity index (χ1n) is 6.56. The molecule has 0 aromatic heterocycles. The molecule has 1 aromatic carbocycles. The highest BCUT2D eigenvalue weighted by Gasteiger charge is 2.16. The Hall–Kier alpha value is -1.45. The molecule has 0 saturated carbocycles. The first kappa shape index (κ1) is 16.6. The van der Waals surface area contributed by atoms with Gasteiger partial charge in [-0.3, -0.25) is 10.1 Å². The summed E-state index contributed by atoms with van der Waals surface area (Å²) in [5, 5.41) is 10.6. The number of nitro benzene ring substituents is 1. The Kier molecular flexibility index (Phi) is 6.63.